The van der Waals surface area contributed by atoms with Gasteiger partial charge in [0.15, 0.2) is 0 Å². The molecule has 0 aliphatic carbocycles. The smallest absolute Gasteiger partial charge is 0.339 e. The molecule has 198 valence electrons. The van der Waals surface area contributed by atoms with Gasteiger partial charge in [0, 0.05) is 30.8 Å². The van der Waals surface area contributed by atoms with Crippen LogP contribution in [-0.2, 0) is 19.6 Å². The van der Waals surface area contributed by atoms with Gasteiger partial charge in [0.2, 0.25) is 16.1 Å². The van der Waals surface area contributed by atoms with Crippen molar-refractivity contribution in [3.63, 3.8) is 0 Å². The van der Waals surface area contributed by atoms with Gasteiger partial charge in [-0.15, -0.1) is 0 Å². The molecule has 1 aliphatic heterocycles. The Morgan fingerprint density at radius 2 is 1.66 bits per heavy atom. The number of anilines is 1. The topological polar surface area (TPSA) is 136 Å². The van der Waals surface area contributed by atoms with Crippen molar-refractivity contribution >= 4 is 56.5 Å². The first-order valence-corrected chi connectivity index (χ1v) is 13.6. The minimum Gasteiger partial charge on any atom is -0.444 e. The number of nitro benzene ring substituents is 1. The van der Waals surface area contributed by atoms with Crippen molar-refractivity contribution in [2.24, 2.45) is 0 Å². The average molecular weight is 578 g/mol. The molecule has 0 spiro atoms. The largest absolute Gasteiger partial charge is 0.444 e. The SMILES string of the molecule is O=C(OC(C(=O)Nc1ccc([N+](=O)[O-])cc1Cl)c1ccccc1)c1ccc(Cl)c(S(=O)(=O)N2CCCC2)c1. The summed E-state index contributed by atoms with van der Waals surface area (Å²) in [6, 6.07) is 15.4. The summed E-state index contributed by atoms with van der Waals surface area (Å²) in [7, 11) is -3.93. The van der Waals surface area contributed by atoms with Crippen LogP contribution in [0.5, 0.6) is 0 Å². The zero-order valence-electron chi connectivity index (χ0n) is 19.7. The van der Waals surface area contributed by atoms with Crippen LogP contribution in [0.3, 0.4) is 0 Å². The number of nitro groups is 1. The van der Waals surface area contributed by atoms with Gasteiger partial charge in [0.25, 0.3) is 11.6 Å². The number of amides is 1. The number of hydrogen-bond acceptors (Lipinski definition) is 7. The van der Waals surface area contributed by atoms with E-state index in [1.54, 1.807) is 30.3 Å². The Morgan fingerprint density at radius 1 is 0.974 bits per heavy atom. The fourth-order valence-electron chi connectivity index (χ4n) is 3.89. The molecule has 1 unspecified atom stereocenters. The van der Waals surface area contributed by atoms with Crippen LogP contribution in [0.15, 0.2) is 71.6 Å². The van der Waals surface area contributed by atoms with Gasteiger partial charge in [-0.1, -0.05) is 53.5 Å². The predicted molar refractivity (Wildman–Crippen MR) is 141 cm³/mol. The van der Waals surface area contributed by atoms with Gasteiger partial charge in [0.1, 0.15) is 4.90 Å². The number of ether oxygens (including phenoxy) is 1. The number of non-ortho nitro benzene ring substituents is 1. The Morgan fingerprint density at radius 3 is 2.29 bits per heavy atom. The van der Waals surface area contributed by atoms with E-state index in [1.807, 2.05) is 0 Å². The minimum atomic E-state index is -3.93. The van der Waals surface area contributed by atoms with Crippen LogP contribution in [0.2, 0.25) is 10.0 Å². The van der Waals surface area contributed by atoms with E-state index in [9.17, 15) is 28.1 Å². The number of sulfonamides is 1. The number of halogens is 2. The number of rotatable bonds is 8. The van der Waals surface area contributed by atoms with Crippen molar-refractivity contribution in [3.8, 4) is 0 Å². The Labute approximate surface area is 228 Å². The molecule has 4 rings (SSSR count). The Kier molecular flexibility index (Phi) is 8.32. The lowest BCUT2D eigenvalue weighted by atomic mass is 10.1. The maximum Gasteiger partial charge on any atom is 0.339 e. The van der Waals surface area contributed by atoms with Crippen LogP contribution in [-0.4, -0.2) is 42.6 Å². The van der Waals surface area contributed by atoms with E-state index < -0.39 is 32.9 Å². The van der Waals surface area contributed by atoms with Crippen LogP contribution in [0.1, 0.15) is 34.9 Å². The van der Waals surface area contributed by atoms with E-state index in [2.05, 4.69) is 5.32 Å². The van der Waals surface area contributed by atoms with Crippen LogP contribution in [0.4, 0.5) is 11.4 Å². The maximum absolute atomic E-state index is 13.2. The molecule has 3 aromatic rings. The molecule has 1 amide bonds. The lowest BCUT2D eigenvalue weighted by molar-refractivity contribution is -0.384. The van der Waals surface area contributed by atoms with Gasteiger partial charge in [-0.2, -0.15) is 4.31 Å². The van der Waals surface area contributed by atoms with Gasteiger partial charge in [-0.3, -0.25) is 14.9 Å². The molecule has 1 fully saturated rings. The van der Waals surface area contributed by atoms with Gasteiger partial charge in [-0.25, -0.2) is 13.2 Å². The quantitative estimate of drug-likeness (QED) is 0.220. The number of carbonyl (C=O) groups excluding carboxylic acids is 2. The highest BCUT2D eigenvalue weighted by Gasteiger charge is 2.31. The summed E-state index contributed by atoms with van der Waals surface area (Å²) < 4.78 is 32.9. The van der Waals surface area contributed by atoms with E-state index in [1.165, 1.54) is 28.6 Å². The molecule has 10 nitrogen and oxygen atoms in total. The van der Waals surface area contributed by atoms with E-state index >= 15 is 0 Å². The van der Waals surface area contributed by atoms with Crippen molar-refractivity contribution in [3.05, 3.63) is 98.0 Å². The minimum absolute atomic E-state index is 0.0429. The van der Waals surface area contributed by atoms with Gasteiger partial charge >= 0.3 is 5.97 Å². The molecule has 3 aromatic carbocycles. The molecule has 0 bridgehead atoms. The molecule has 1 saturated heterocycles. The van der Waals surface area contributed by atoms with Crippen molar-refractivity contribution < 1.29 is 27.7 Å². The lowest BCUT2D eigenvalue weighted by Crippen LogP contribution is -2.28. The molecule has 1 heterocycles. The highest BCUT2D eigenvalue weighted by molar-refractivity contribution is 7.89. The number of nitrogens with zero attached hydrogens (tertiary/aromatic N) is 2. The molecule has 0 saturated carbocycles. The third kappa shape index (κ3) is 5.97. The predicted octanol–water partition coefficient (Wildman–Crippen LogP) is 5.22. The Bertz CT molecular complexity index is 1490. The zero-order valence-corrected chi connectivity index (χ0v) is 22.0. The summed E-state index contributed by atoms with van der Waals surface area (Å²) in [5.41, 5.74) is 0.0238. The molecular weight excluding hydrogens is 557 g/mol. The molecule has 0 radical (unpaired) electrons. The number of benzene rings is 3. The molecular formula is C25H21Cl2N3O7S. The van der Waals surface area contributed by atoms with Gasteiger partial charge in [0.05, 0.1) is 26.2 Å². The first kappa shape index (κ1) is 27.5. The lowest BCUT2D eigenvalue weighted by Gasteiger charge is -2.20. The van der Waals surface area contributed by atoms with Crippen molar-refractivity contribution in [1.82, 2.24) is 4.31 Å². The van der Waals surface area contributed by atoms with Crippen LogP contribution in [0.25, 0.3) is 0 Å². The van der Waals surface area contributed by atoms with E-state index in [0.717, 1.165) is 25.0 Å². The summed E-state index contributed by atoms with van der Waals surface area (Å²) in [6.07, 6.45) is 0.000439. The molecule has 1 atom stereocenters. The van der Waals surface area contributed by atoms with Crippen molar-refractivity contribution in [2.45, 2.75) is 23.8 Å². The second kappa shape index (κ2) is 11.5. The third-order valence-electron chi connectivity index (χ3n) is 5.84. The summed E-state index contributed by atoms with van der Waals surface area (Å²) in [6.45, 7) is 0.712. The highest BCUT2D eigenvalue weighted by Crippen LogP contribution is 2.31. The second-order valence-corrected chi connectivity index (χ2v) is 11.1. The Hall–Kier alpha value is -3.51. The summed E-state index contributed by atoms with van der Waals surface area (Å²) >= 11 is 12.3. The van der Waals surface area contributed by atoms with Gasteiger partial charge < -0.3 is 10.1 Å². The summed E-state index contributed by atoms with van der Waals surface area (Å²) in [5.74, 6) is -1.74. The summed E-state index contributed by atoms with van der Waals surface area (Å²) in [5, 5.41) is 13.4. The monoisotopic (exact) mass is 577 g/mol. The highest BCUT2D eigenvalue weighted by atomic mass is 35.5. The summed E-state index contributed by atoms with van der Waals surface area (Å²) in [4.78, 5) is 36.4. The van der Waals surface area contributed by atoms with Crippen molar-refractivity contribution in [2.75, 3.05) is 18.4 Å². The molecule has 13 heteroatoms. The molecule has 38 heavy (non-hydrogen) atoms. The second-order valence-electron chi connectivity index (χ2n) is 8.36. The third-order valence-corrected chi connectivity index (χ3v) is 8.53. The fraction of sp³-hybridized carbons (Fsp3) is 0.200. The number of nitrogens with one attached hydrogen (secondary N) is 1. The average Bonchev–Trinajstić information content (AvgIpc) is 3.45. The molecule has 1 aliphatic rings. The van der Waals surface area contributed by atoms with E-state index in [0.29, 0.717) is 18.7 Å². The van der Waals surface area contributed by atoms with E-state index in [4.69, 9.17) is 27.9 Å². The standard InChI is InChI=1S/C25H21Cl2N3O7S/c26-19-10-8-17(14-22(19)38(35,36)29-12-4-5-13-29)25(32)37-23(16-6-2-1-3-7-16)24(31)28-21-11-9-18(30(33)34)15-20(21)27/h1-3,6-11,14-15,23H,4-5,12-13H2,(H,28,31). The first-order valence-electron chi connectivity index (χ1n) is 11.4. The van der Waals surface area contributed by atoms with Crippen LogP contribution in [0, 0.1) is 10.1 Å². The molecule has 1 N–H and O–H groups in total. The van der Waals surface area contributed by atoms with Crippen molar-refractivity contribution in [1.29, 1.82) is 0 Å². The first-order chi connectivity index (χ1) is 18.1. The zero-order chi connectivity index (χ0) is 27.4. The Balaban J connectivity index is 1.61. The number of carbonyl (C=O) groups is 2. The number of hydrogen-bond donors (Lipinski definition) is 1. The van der Waals surface area contributed by atoms with Gasteiger partial charge in [-0.05, 0) is 37.1 Å². The fourth-order valence-corrected chi connectivity index (χ4v) is 6.13. The van der Waals surface area contributed by atoms with E-state index in [-0.39, 0.29) is 31.9 Å². The number of esters is 1. The normalized spacial score (nSPS) is 14.6. The molecule has 0 aromatic heterocycles. The van der Waals surface area contributed by atoms with Crippen LogP contribution < -0.4 is 5.32 Å². The maximum atomic E-state index is 13.2. The van der Waals surface area contributed by atoms with Crippen LogP contribution >= 0.6 is 23.2 Å².